The summed E-state index contributed by atoms with van der Waals surface area (Å²) < 4.78 is 4.64. The number of ether oxygens (including phenoxy) is 1. The number of non-ortho nitro benzene ring substituents is 1. The van der Waals surface area contributed by atoms with E-state index in [1.54, 1.807) is 0 Å². The standard InChI is InChI=1S/C18H24N2O5/c1-5-11(2)12(3)19(15-6-7-15)17(21)13-8-14(18(22)25-4)10-16(9-13)20(23)24/h8-12,15H,5-7H2,1-4H3. The van der Waals surface area contributed by atoms with Gasteiger partial charge in [0.15, 0.2) is 0 Å². The second-order valence-corrected chi connectivity index (χ2v) is 6.59. The van der Waals surface area contributed by atoms with Crippen LogP contribution in [0.4, 0.5) is 5.69 Å². The van der Waals surface area contributed by atoms with Crippen LogP contribution >= 0.6 is 0 Å². The Morgan fingerprint density at radius 2 is 1.88 bits per heavy atom. The molecule has 1 aliphatic carbocycles. The summed E-state index contributed by atoms with van der Waals surface area (Å²) in [6, 6.07) is 3.92. The number of carbonyl (C=O) groups excluding carboxylic acids is 2. The minimum Gasteiger partial charge on any atom is -0.465 e. The molecule has 7 nitrogen and oxygen atoms in total. The van der Waals surface area contributed by atoms with Crippen molar-refractivity contribution in [1.29, 1.82) is 0 Å². The van der Waals surface area contributed by atoms with E-state index in [0.717, 1.165) is 25.3 Å². The molecule has 2 rings (SSSR count). The van der Waals surface area contributed by atoms with Crippen LogP contribution in [0.1, 0.15) is 60.7 Å². The SMILES string of the molecule is CCC(C)C(C)N(C(=O)c1cc(C(=O)OC)cc([N+](=O)[O-])c1)C1CC1. The van der Waals surface area contributed by atoms with E-state index in [9.17, 15) is 19.7 Å². The number of methoxy groups -OCH3 is 1. The molecule has 2 atom stereocenters. The van der Waals surface area contributed by atoms with Gasteiger partial charge in [0.2, 0.25) is 0 Å². The van der Waals surface area contributed by atoms with Gasteiger partial charge in [-0.15, -0.1) is 0 Å². The van der Waals surface area contributed by atoms with Crippen LogP contribution in [-0.2, 0) is 4.74 Å². The van der Waals surface area contributed by atoms with Gasteiger partial charge < -0.3 is 9.64 Å². The van der Waals surface area contributed by atoms with Gasteiger partial charge in [-0.25, -0.2) is 4.79 Å². The van der Waals surface area contributed by atoms with E-state index in [1.165, 1.54) is 19.2 Å². The van der Waals surface area contributed by atoms with Crippen LogP contribution in [0.25, 0.3) is 0 Å². The van der Waals surface area contributed by atoms with Crippen LogP contribution in [0, 0.1) is 16.0 Å². The fourth-order valence-corrected chi connectivity index (χ4v) is 2.88. The molecule has 1 amide bonds. The van der Waals surface area contributed by atoms with Crippen molar-refractivity contribution in [2.75, 3.05) is 7.11 Å². The van der Waals surface area contributed by atoms with Crippen molar-refractivity contribution in [1.82, 2.24) is 4.90 Å². The van der Waals surface area contributed by atoms with Crippen molar-refractivity contribution < 1.29 is 19.2 Å². The van der Waals surface area contributed by atoms with Crippen molar-refractivity contribution in [3.05, 3.63) is 39.4 Å². The number of nitro groups is 1. The van der Waals surface area contributed by atoms with Gasteiger partial charge in [0.05, 0.1) is 17.6 Å². The van der Waals surface area contributed by atoms with E-state index in [-0.39, 0.29) is 34.8 Å². The Labute approximate surface area is 147 Å². The zero-order valence-electron chi connectivity index (χ0n) is 15.0. The van der Waals surface area contributed by atoms with Crippen LogP contribution in [0.15, 0.2) is 18.2 Å². The van der Waals surface area contributed by atoms with Crippen LogP contribution in [0.5, 0.6) is 0 Å². The molecule has 1 saturated carbocycles. The topological polar surface area (TPSA) is 89.8 Å². The Morgan fingerprint density at radius 3 is 2.36 bits per heavy atom. The van der Waals surface area contributed by atoms with Crippen LogP contribution in [0.2, 0.25) is 0 Å². The molecule has 7 heteroatoms. The quantitative estimate of drug-likeness (QED) is 0.428. The number of rotatable bonds is 7. The molecule has 0 heterocycles. The molecule has 2 unspecified atom stereocenters. The highest BCUT2D eigenvalue weighted by Crippen LogP contribution is 2.33. The summed E-state index contributed by atoms with van der Waals surface area (Å²) >= 11 is 0. The highest BCUT2D eigenvalue weighted by Gasteiger charge is 2.38. The van der Waals surface area contributed by atoms with E-state index in [0.29, 0.717) is 5.92 Å². The number of nitrogens with zero attached hydrogens (tertiary/aromatic N) is 2. The van der Waals surface area contributed by atoms with E-state index in [2.05, 4.69) is 18.6 Å². The lowest BCUT2D eigenvalue weighted by Gasteiger charge is -2.33. The number of carbonyl (C=O) groups is 2. The molecular weight excluding hydrogens is 324 g/mol. The van der Waals surface area contributed by atoms with Crippen molar-refractivity contribution in [3.63, 3.8) is 0 Å². The first-order valence-corrected chi connectivity index (χ1v) is 8.50. The maximum absolute atomic E-state index is 13.1. The predicted octanol–water partition coefficient (Wildman–Crippen LogP) is 3.42. The smallest absolute Gasteiger partial charge is 0.338 e. The minimum atomic E-state index is -0.703. The highest BCUT2D eigenvalue weighted by molar-refractivity contribution is 5.99. The third-order valence-electron chi connectivity index (χ3n) is 4.88. The Morgan fingerprint density at radius 1 is 1.28 bits per heavy atom. The first-order valence-electron chi connectivity index (χ1n) is 8.50. The normalized spacial score (nSPS) is 16.0. The summed E-state index contributed by atoms with van der Waals surface area (Å²) in [6.07, 6.45) is 2.80. The number of esters is 1. The molecular formula is C18H24N2O5. The molecule has 0 spiro atoms. The lowest BCUT2D eigenvalue weighted by Crippen LogP contribution is -2.43. The van der Waals surface area contributed by atoms with E-state index < -0.39 is 10.9 Å². The molecule has 1 aromatic rings. The van der Waals surface area contributed by atoms with Gasteiger partial charge >= 0.3 is 5.97 Å². The number of nitro benzene ring substituents is 1. The van der Waals surface area contributed by atoms with Gasteiger partial charge in [0.1, 0.15) is 0 Å². The molecule has 25 heavy (non-hydrogen) atoms. The van der Waals surface area contributed by atoms with Gasteiger partial charge in [0, 0.05) is 29.8 Å². The van der Waals surface area contributed by atoms with E-state index in [1.807, 2.05) is 11.8 Å². The summed E-state index contributed by atoms with van der Waals surface area (Å²) in [7, 11) is 1.20. The maximum atomic E-state index is 13.1. The molecule has 136 valence electrons. The van der Waals surface area contributed by atoms with Crippen molar-refractivity contribution in [2.45, 2.75) is 52.1 Å². The number of hydrogen-bond donors (Lipinski definition) is 0. The molecule has 0 aromatic heterocycles. The average Bonchev–Trinajstić information content (AvgIpc) is 3.44. The second kappa shape index (κ2) is 7.63. The fraction of sp³-hybridized carbons (Fsp3) is 0.556. The van der Waals surface area contributed by atoms with Crippen molar-refractivity contribution >= 4 is 17.6 Å². The fourth-order valence-electron chi connectivity index (χ4n) is 2.88. The Bertz CT molecular complexity index is 684. The van der Waals surface area contributed by atoms with Gasteiger partial charge in [-0.05, 0) is 31.7 Å². The van der Waals surface area contributed by atoms with Crippen molar-refractivity contribution in [3.8, 4) is 0 Å². The molecule has 0 N–H and O–H groups in total. The molecule has 0 radical (unpaired) electrons. The third kappa shape index (κ3) is 4.15. The lowest BCUT2D eigenvalue weighted by atomic mass is 9.97. The Balaban J connectivity index is 2.43. The van der Waals surface area contributed by atoms with Gasteiger partial charge in [-0.3, -0.25) is 14.9 Å². The van der Waals surface area contributed by atoms with Crippen LogP contribution < -0.4 is 0 Å². The lowest BCUT2D eigenvalue weighted by molar-refractivity contribution is -0.384. The summed E-state index contributed by atoms with van der Waals surface area (Å²) in [5.74, 6) is -0.668. The zero-order valence-corrected chi connectivity index (χ0v) is 15.0. The van der Waals surface area contributed by atoms with Crippen molar-refractivity contribution in [2.24, 2.45) is 5.92 Å². The summed E-state index contributed by atoms with van der Waals surface area (Å²) in [4.78, 5) is 37.3. The highest BCUT2D eigenvalue weighted by atomic mass is 16.6. The van der Waals surface area contributed by atoms with E-state index in [4.69, 9.17) is 0 Å². The molecule has 0 saturated heterocycles. The predicted molar refractivity (Wildman–Crippen MR) is 92.5 cm³/mol. The van der Waals surface area contributed by atoms with Crippen LogP contribution in [-0.4, -0.2) is 40.9 Å². The first kappa shape index (κ1) is 18.9. The largest absolute Gasteiger partial charge is 0.465 e. The number of hydrogen-bond acceptors (Lipinski definition) is 5. The molecule has 1 fully saturated rings. The van der Waals surface area contributed by atoms with Gasteiger partial charge in [-0.1, -0.05) is 20.3 Å². The van der Waals surface area contributed by atoms with Gasteiger partial charge in [0.25, 0.3) is 11.6 Å². The van der Waals surface area contributed by atoms with Crippen LogP contribution in [0.3, 0.4) is 0 Å². The third-order valence-corrected chi connectivity index (χ3v) is 4.88. The van der Waals surface area contributed by atoms with Gasteiger partial charge in [-0.2, -0.15) is 0 Å². The molecule has 0 aliphatic heterocycles. The summed E-state index contributed by atoms with van der Waals surface area (Å²) in [5, 5.41) is 11.2. The molecule has 1 aliphatic rings. The minimum absolute atomic E-state index is 0.00647. The molecule has 1 aromatic carbocycles. The number of benzene rings is 1. The first-order chi connectivity index (χ1) is 11.8. The Hall–Kier alpha value is -2.44. The maximum Gasteiger partial charge on any atom is 0.338 e. The summed E-state index contributed by atoms with van der Waals surface area (Å²) in [5.41, 5.74) is -0.137. The second-order valence-electron chi connectivity index (χ2n) is 6.59. The summed E-state index contributed by atoms with van der Waals surface area (Å²) in [6.45, 7) is 6.16. The average molecular weight is 348 g/mol. The zero-order chi connectivity index (χ0) is 18.7. The Kier molecular flexibility index (Phi) is 5.77. The number of amides is 1. The molecule has 0 bridgehead atoms. The van der Waals surface area contributed by atoms with E-state index >= 15 is 0 Å². The monoisotopic (exact) mass is 348 g/mol.